The molecule has 0 bridgehead atoms. The largest absolute Gasteiger partial charge is 0.493 e. The lowest BCUT2D eigenvalue weighted by atomic mass is 10.2. The number of methoxy groups -OCH3 is 2. The topological polar surface area (TPSA) is 63.2 Å². The molecule has 0 radical (unpaired) electrons. The van der Waals surface area contributed by atoms with Crippen molar-refractivity contribution in [3.63, 3.8) is 0 Å². The predicted octanol–water partition coefficient (Wildman–Crippen LogP) is 3.59. The number of ether oxygens (including phenoxy) is 5. The van der Waals surface area contributed by atoms with E-state index >= 15 is 0 Å². The second kappa shape index (κ2) is 7.65. The minimum Gasteiger partial charge on any atom is -0.493 e. The second-order valence-corrected chi connectivity index (χ2v) is 6.09. The van der Waals surface area contributed by atoms with Crippen LogP contribution < -0.4 is 18.9 Å². The first-order valence-corrected chi connectivity index (χ1v) is 8.39. The van der Waals surface area contributed by atoms with Crippen molar-refractivity contribution in [1.29, 1.82) is 0 Å². The summed E-state index contributed by atoms with van der Waals surface area (Å²) in [5.74, 6) is 1.88. The molecule has 7 heteroatoms. The van der Waals surface area contributed by atoms with Crippen LogP contribution in [-0.4, -0.2) is 33.4 Å². The Balaban J connectivity index is 1.72. The summed E-state index contributed by atoms with van der Waals surface area (Å²) in [4.78, 5) is 12.3. The molecule has 0 amide bonds. The van der Waals surface area contributed by atoms with Crippen LogP contribution in [0.15, 0.2) is 34.8 Å². The maximum atomic E-state index is 12.3. The van der Waals surface area contributed by atoms with Crippen LogP contribution in [-0.2, 0) is 11.3 Å². The highest BCUT2D eigenvalue weighted by molar-refractivity contribution is 9.10. The summed E-state index contributed by atoms with van der Waals surface area (Å²) in [6.45, 7) is 1.12. The summed E-state index contributed by atoms with van der Waals surface area (Å²) >= 11 is 3.46. The molecule has 1 heterocycles. The first-order valence-electron chi connectivity index (χ1n) is 7.59. The van der Waals surface area contributed by atoms with E-state index in [0.717, 1.165) is 10.0 Å². The summed E-state index contributed by atoms with van der Waals surface area (Å²) in [5.41, 5.74) is 1.17. The molecule has 0 fully saturated rings. The third-order valence-corrected chi connectivity index (χ3v) is 4.43. The summed E-state index contributed by atoms with van der Waals surface area (Å²) < 4.78 is 27.6. The van der Waals surface area contributed by atoms with Gasteiger partial charge in [-0.25, -0.2) is 4.79 Å². The number of hydrogen-bond donors (Lipinski definition) is 0. The highest BCUT2D eigenvalue weighted by Crippen LogP contribution is 2.36. The summed E-state index contributed by atoms with van der Waals surface area (Å²) in [7, 11) is 3.05. The Hall–Kier alpha value is -2.41. The summed E-state index contributed by atoms with van der Waals surface area (Å²) in [5, 5.41) is 0. The van der Waals surface area contributed by atoms with Gasteiger partial charge in [0.15, 0.2) is 23.0 Å². The Bertz CT molecular complexity index is 789. The van der Waals surface area contributed by atoms with E-state index in [0.29, 0.717) is 41.8 Å². The maximum Gasteiger partial charge on any atom is 0.338 e. The van der Waals surface area contributed by atoms with E-state index < -0.39 is 5.97 Å². The molecule has 0 N–H and O–H groups in total. The molecule has 132 valence electrons. The Morgan fingerprint density at radius 3 is 2.40 bits per heavy atom. The van der Waals surface area contributed by atoms with Gasteiger partial charge in [-0.2, -0.15) is 0 Å². The number of hydrogen-bond acceptors (Lipinski definition) is 6. The molecular weight excluding hydrogens is 392 g/mol. The standard InChI is InChI=1S/C18H17BrO6/c1-21-14-4-3-11(7-15(14)22-2)18(20)25-10-12-8-16-17(9-13(12)19)24-6-5-23-16/h3-4,7-9H,5-6,10H2,1-2H3. The van der Waals surface area contributed by atoms with Gasteiger partial charge in [0.1, 0.15) is 19.8 Å². The van der Waals surface area contributed by atoms with Gasteiger partial charge in [0.05, 0.1) is 19.8 Å². The van der Waals surface area contributed by atoms with Gasteiger partial charge in [-0.3, -0.25) is 0 Å². The lowest BCUT2D eigenvalue weighted by Gasteiger charge is -2.20. The van der Waals surface area contributed by atoms with Crippen molar-refractivity contribution >= 4 is 21.9 Å². The van der Waals surface area contributed by atoms with Crippen molar-refractivity contribution in [3.05, 3.63) is 45.9 Å². The SMILES string of the molecule is COc1ccc(C(=O)OCc2cc3c(cc2Br)OCCO3)cc1OC. The molecule has 1 aliphatic heterocycles. The molecule has 0 spiro atoms. The highest BCUT2D eigenvalue weighted by atomic mass is 79.9. The van der Waals surface area contributed by atoms with Crippen LogP contribution in [0.5, 0.6) is 23.0 Å². The zero-order chi connectivity index (χ0) is 17.8. The lowest BCUT2D eigenvalue weighted by molar-refractivity contribution is 0.0470. The van der Waals surface area contributed by atoms with Gasteiger partial charge in [-0.1, -0.05) is 15.9 Å². The number of rotatable bonds is 5. The Kier molecular flexibility index (Phi) is 5.33. The van der Waals surface area contributed by atoms with Gasteiger partial charge in [0.25, 0.3) is 0 Å². The Morgan fingerprint density at radius 2 is 1.72 bits per heavy atom. The van der Waals surface area contributed by atoms with Crippen LogP contribution in [0.25, 0.3) is 0 Å². The fraction of sp³-hybridized carbons (Fsp3) is 0.278. The quantitative estimate of drug-likeness (QED) is 0.704. The third kappa shape index (κ3) is 3.82. The van der Waals surface area contributed by atoms with Crippen LogP contribution in [0.2, 0.25) is 0 Å². The van der Waals surface area contributed by atoms with E-state index in [1.165, 1.54) is 14.2 Å². The smallest absolute Gasteiger partial charge is 0.338 e. The number of fused-ring (bicyclic) bond motifs is 1. The van der Waals surface area contributed by atoms with Crippen molar-refractivity contribution in [1.82, 2.24) is 0 Å². The average Bonchev–Trinajstić information content (AvgIpc) is 2.65. The minimum absolute atomic E-state index is 0.102. The van der Waals surface area contributed by atoms with E-state index in [4.69, 9.17) is 23.7 Å². The Labute approximate surface area is 153 Å². The molecule has 25 heavy (non-hydrogen) atoms. The molecule has 3 rings (SSSR count). The predicted molar refractivity (Wildman–Crippen MR) is 93.8 cm³/mol. The van der Waals surface area contributed by atoms with Crippen molar-refractivity contribution in [3.8, 4) is 23.0 Å². The minimum atomic E-state index is -0.456. The fourth-order valence-electron chi connectivity index (χ4n) is 2.41. The van der Waals surface area contributed by atoms with E-state index in [2.05, 4.69) is 15.9 Å². The molecule has 0 saturated heterocycles. The maximum absolute atomic E-state index is 12.3. The highest BCUT2D eigenvalue weighted by Gasteiger charge is 2.17. The fourth-order valence-corrected chi connectivity index (χ4v) is 2.84. The number of benzene rings is 2. The molecule has 1 aliphatic rings. The molecule has 6 nitrogen and oxygen atoms in total. The van der Waals surface area contributed by atoms with Crippen LogP contribution in [0.4, 0.5) is 0 Å². The molecule has 0 atom stereocenters. The van der Waals surface area contributed by atoms with E-state index in [-0.39, 0.29) is 6.61 Å². The Morgan fingerprint density at radius 1 is 1.04 bits per heavy atom. The molecular formula is C18H17BrO6. The number of carbonyl (C=O) groups is 1. The van der Waals surface area contributed by atoms with Crippen molar-refractivity contribution in [2.75, 3.05) is 27.4 Å². The second-order valence-electron chi connectivity index (χ2n) is 5.23. The molecule has 0 aromatic heterocycles. The summed E-state index contributed by atoms with van der Waals surface area (Å²) in [6, 6.07) is 8.49. The third-order valence-electron chi connectivity index (χ3n) is 3.69. The van der Waals surface area contributed by atoms with Gasteiger partial charge in [-0.05, 0) is 30.3 Å². The van der Waals surface area contributed by atoms with Crippen LogP contribution in [0, 0.1) is 0 Å². The first-order chi connectivity index (χ1) is 12.1. The lowest BCUT2D eigenvalue weighted by Crippen LogP contribution is -2.15. The molecule has 0 saturated carbocycles. The van der Waals surface area contributed by atoms with Crippen LogP contribution >= 0.6 is 15.9 Å². The van der Waals surface area contributed by atoms with E-state index in [1.54, 1.807) is 24.3 Å². The molecule has 0 unspecified atom stereocenters. The number of esters is 1. The first kappa shape index (κ1) is 17.4. The van der Waals surface area contributed by atoms with Gasteiger partial charge in [0.2, 0.25) is 0 Å². The number of carbonyl (C=O) groups excluding carboxylic acids is 1. The molecule has 0 aliphatic carbocycles. The van der Waals surface area contributed by atoms with E-state index in [9.17, 15) is 4.79 Å². The zero-order valence-corrected chi connectivity index (χ0v) is 15.4. The van der Waals surface area contributed by atoms with Gasteiger partial charge in [0, 0.05) is 10.0 Å². The number of halogens is 1. The zero-order valence-electron chi connectivity index (χ0n) is 13.8. The van der Waals surface area contributed by atoms with Crippen molar-refractivity contribution < 1.29 is 28.5 Å². The molecule has 2 aromatic rings. The van der Waals surface area contributed by atoms with Crippen molar-refractivity contribution in [2.24, 2.45) is 0 Å². The normalized spacial score (nSPS) is 12.4. The van der Waals surface area contributed by atoms with Crippen molar-refractivity contribution in [2.45, 2.75) is 6.61 Å². The van der Waals surface area contributed by atoms with Crippen LogP contribution in [0.3, 0.4) is 0 Å². The van der Waals surface area contributed by atoms with Gasteiger partial charge >= 0.3 is 5.97 Å². The van der Waals surface area contributed by atoms with Gasteiger partial charge < -0.3 is 23.7 Å². The van der Waals surface area contributed by atoms with E-state index in [1.807, 2.05) is 6.07 Å². The van der Waals surface area contributed by atoms with Gasteiger partial charge in [-0.15, -0.1) is 0 Å². The monoisotopic (exact) mass is 408 g/mol. The van der Waals surface area contributed by atoms with Crippen LogP contribution in [0.1, 0.15) is 15.9 Å². The molecule has 2 aromatic carbocycles. The average molecular weight is 409 g/mol. The summed E-state index contributed by atoms with van der Waals surface area (Å²) in [6.07, 6.45) is 0.